The highest BCUT2D eigenvalue weighted by atomic mass is 35.5. The average Bonchev–Trinajstić information content (AvgIpc) is 2.60. The van der Waals surface area contributed by atoms with Gasteiger partial charge in [-0.3, -0.25) is 4.79 Å². The molecule has 0 aromatic heterocycles. The van der Waals surface area contributed by atoms with Gasteiger partial charge in [0.1, 0.15) is 0 Å². The van der Waals surface area contributed by atoms with E-state index >= 15 is 0 Å². The minimum atomic E-state index is 0.0872. The first-order valence-electron chi connectivity index (χ1n) is 8.43. The molecule has 0 spiro atoms. The summed E-state index contributed by atoms with van der Waals surface area (Å²) in [5, 5.41) is 0.652. The Morgan fingerprint density at radius 3 is 2.67 bits per heavy atom. The largest absolute Gasteiger partial charge is 0.339 e. The molecule has 1 aromatic rings. The Morgan fingerprint density at radius 2 is 2.04 bits per heavy atom. The molecule has 1 amide bonds. The summed E-state index contributed by atoms with van der Waals surface area (Å²) in [6.07, 6.45) is 4.69. The van der Waals surface area contributed by atoms with Crippen molar-refractivity contribution in [3.63, 3.8) is 0 Å². The highest BCUT2D eigenvalue weighted by molar-refractivity contribution is 6.30. The van der Waals surface area contributed by atoms with Crippen molar-refractivity contribution in [1.82, 2.24) is 9.80 Å². The van der Waals surface area contributed by atoms with E-state index in [4.69, 9.17) is 11.6 Å². The summed E-state index contributed by atoms with van der Waals surface area (Å²) >= 11 is 5.87. The molecule has 0 N–H and O–H groups in total. The molecule has 1 aromatic carbocycles. The summed E-state index contributed by atoms with van der Waals surface area (Å²) in [5.41, 5.74) is 0.703. The van der Waals surface area contributed by atoms with Crippen LogP contribution in [0, 0.1) is 17.8 Å². The number of piperidine rings is 1. The third-order valence-corrected chi connectivity index (χ3v) is 4.49. The monoisotopic (exact) mass is 344 g/mol. The zero-order chi connectivity index (χ0) is 17.4. The van der Waals surface area contributed by atoms with Crippen LogP contribution >= 0.6 is 11.6 Å². The summed E-state index contributed by atoms with van der Waals surface area (Å²) < 4.78 is 0. The maximum absolute atomic E-state index is 12.4. The van der Waals surface area contributed by atoms with Gasteiger partial charge in [0.2, 0.25) is 0 Å². The number of benzene rings is 1. The number of likely N-dealkylation sites (N-methyl/N-ethyl adjacent to an activating group) is 1. The topological polar surface area (TPSA) is 23.6 Å². The molecule has 0 radical (unpaired) electrons. The lowest BCUT2D eigenvalue weighted by Gasteiger charge is -2.30. The summed E-state index contributed by atoms with van der Waals surface area (Å²) in [4.78, 5) is 16.6. The Labute approximate surface area is 150 Å². The van der Waals surface area contributed by atoms with Gasteiger partial charge in [0.05, 0.1) is 0 Å². The number of nitrogens with zero attached hydrogens (tertiary/aromatic N) is 2. The van der Waals surface area contributed by atoms with Crippen LogP contribution in [0.5, 0.6) is 0 Å². The van der Waals surface area contributed by atoms with Crippen LogP contribution in [-0.4, -0.2) is 48.9 Å². The van der Waals surface area contributed by atoms with Gasteiger partial charge in [0.15, 0.2) is 0 Å². The minimum absolute atomic E-state index is 0.0872. The van der Waals surface area contributed by atoms with Crippen molar-refractivity contribution in [3.8, 4) is 11.8 Å². The number of amides is 1. The quantitative estimate of drug-likeness (QED) is 0.600. The first-order valence-corrected chi connectivity index (χ1v) is 8.80. The van der Waals surface area contributed by atoms with Gasteiger partial charge in [-0.15, -0.1) is 12.5 Å². The Hall–Kier alpha value is -1.76. The zero-order valence-electron chi connectivity index (χ0n) is 14.3. The van der Waals surface area contributed by atoms with E-state index in [9.17, 15) is 4.79 Å². The van der Waals surface area contributed by atoms with Gasteiger partial charge in [-0.25, -0.2) is 0 Å². The summed E-state index contributed by atoms with van der Waals surface area (Å²) in [6.45, 7) is 7.14. The standard InChI is InChI=1S/C20H25ClN2O/c1-3-13-22(2)14-5-4-6-17-11-15-23(16-12-17)20(24)18-7-9-19(21)10-8-18/h3,7-10,17H,1,5,11-16H2,2H3. The van der Waals surface area contributed by atoms with E-state index in [1.807, 2.05) is 11.0 Å². The molecule has 0 saturated carbocycles. The van der Waals surface area contributed by atoms with Crippen molar-refractivity contribution >= 4 is 17.5 Å². The number of rotatable bonds is 5. The molecule has 1 aliphatic rings. The molecule has 2 rings (SSSR count). The summed E-state index contributed by atoms with van der Waals surface area (Å²) in [7, 11) is 2.07. The van der Waals surface area contributed by atoms with Gasteiger partial charge < -0.3 is 9.80 Å². The number of carbonyl (C=O) groups excluding carboxylic acids is 1. The number of carbonyl (C=O) groups is 1. The highest BCUT2D eigenvalue weighted by Gasteiger charge is 2.22. The van der Waals surface area contributed by atoms with Crippen molar-refractivity contribution in [1.29, 1.82) is 0 Å². The van der Waals surface area contributed by atoms with E-state index < -0.39 is 0 Å². The average molecular weight is 345 g/mol. The number of hydrogen-bond donors (Lipinski definition) is 0. The number of halogens is 1. The lowest BCUT2D eigenvalue weighted by atomic mass is 9.96. The third-order valence-electron chi connectivity index (χ3n) is 4.24. The molecule has 0 unspecified atom stereocenters. The lowest BCUT2D eigenvalue weighted by Crippen LogP contribution is -2.38. The molecular weight excluding hydrogens is 320 g/mol. The Bertz CT molecular complexity index is 607. The first-order chi connectivity index (χ1) is 11.6. The Morgan fingerprint density at radius 1 is 1.38 bits per heavy atom. The molecule has 24 heavy (non-hydrogen) atoms. The predicted octanol–water partition coefficient (Wildman–Crippen LogP) is 3.70. The first kappa shape index (κ1) is 18.6. The molecule has 1 aliphatic heterocycles. The van der Waals surface area contributed by atoms with Crippen LogP contribution in [0.25, 0.3) is 0 Å². The normalized spacial score (nSPS) is 15.0. The molecule has 3 nitrogen and oxygen atoms in total. The van der Waals surface area contributed by atoms with Crippen molar-refractivity contribution in [2.24, 2.45) is 5.92 Å². The van der Waals surface area contributed by atoms with Gasteiger partial charge >= 0.3 is 0 Å². The predicted molar refractivity (Wildman–Crippen MR) is 100 cm³/mol. The van der Waals surface area contributed by atoms with Crippen molar-refractivity contribution in [2.75, 3.05) is 33.2 Å². The van der Waals surface area contributed by atoms with E-state index in [0.29, 0.717) is 16.5 Å². The molecule has 1 fully saturated rings. The number of hydrogen-bond acceptors (Lipinski definition) is 2. The van der Waals surface area contributed by atoms with Crippen molar-refractivity contribution in [2.45, 2.75) is 19.3 Å². The van der Waals surface area contributed by atoms with E-state index in [2.05, 4.69) is 30.4 Å². The van der Waals surface area contributed by atoms with Gasteiger partial charge in [-0.2, -0.15) is 0 Å². The van der Waals surface area contributed by atoms with Crippen LogP contribution in [0.15, 0.2) is 36.9 Å². The zero-order valence-corrected chi connectivity index (χ0v) is 15.1. The molecule has 128 valence electrons. The fourth-order valence-corrected chi connectivity index (χ4v) is 2.90. The van der Waals surface area contributed by atoms with Crippen LogP contribution < -0.4 is 0 Å². The van der Waals surface area contributed by atoms with E-state index in [-0.39, 0.29) is 5.91 Å². The molecule has 4 heteroatoms. The second kappa shape index (κ2) is 9.52. The molecule has 1 saturated heterocycles. The fraction of sp³-hybridized carbons (Fsp3) is 0.450. The van der Waals surface area contributed by atoms with Crippen LogP contribution in [0.1, 0.15) is 29.6 Å². The van der Waals surface area contributed by atoms with Crippen LogP contribution in [0.4, 0.5) is 0 Å². The highest BCUT2D eigenvalue weighted by Crippen LogP contribution is 2.19. The van der Waals surface area contributed by atoms with Crippen LogP contribution in [0.2, 0.25) is 5.02 Å². The second-order valence-corrected chi connectivity index (χ2v) is 6.63. The minimum Gasteiger partial charge on any atom is -0.339 e. The van der Waals surface area contributed by atoms with Gasteiger partial charge in [-0.05, 0) is 44.2 Å². The maximum atomic E-state index is 12.4. The molecule has 0 bridgehead atoms. The van der Waals surface area contributed by atoms with E-state index in [1.54, 1.807) is 24.3 Å². The fourth-order valence-electron chi connectivity index (χ4n) is 2.78. The van der Waals surface area contributed by atoms with Crippen LogP contribution in [-0.2, 0) is 0 Å². The SMILES string of the molecule is C=CCN(C)CCC#CC1CCN(C(=O)c2ccc(Cl)cc2)CC1. The smallest absolute Gasteiger partial charge is 0.253 e. The Kier molecular flexibility index (Phi) is 7.36. The number of likely N-dealkylation sites (tertiary alicyclic amines) is 1. The lowest BCUT2D eigenvalue weighted by molar-refractivity contribution is 0.0708. The molecular formula is C20H25ClN2O. The van der Waals surface area contributed by atoms with Crippen molar-refractivity contribution < 1.29 is 4.79 Å². The molecule has 0 aliphatic carbocycles. The summed E-state index contributed by atoms with van der Waals surface area (Å²) in [5.74, 6) is 7.14. The molecule has 1 heterocycles. The second-order valence-electron chi connectivity index (χ2n) is 6.20. The maximum Gasteiger partial charge on any atom is 0.253 e. The van der Waals surface area contributed by atoms with E-state index in [0.717, 1.165) is 45.4 Å². The Balaban J connectivity index is 1.76. The summed E-state index contributed by atoms with van der Waals surface area (Å²) in [6, 6.07) is 7.10. The third kappa shape index (κ3) is 5.70. The van der Waals surface area contributed by atoms with E-state index in [1.165, 1.54) is 0 Å². The van der Waals surface area contributed by atoms with Gasteiger partial charge in [0.25, 0.3) is 5.91 Å². The molecule has 0 atom stereocenters. The van der Waals surface area contributed by atoms with Gasteiger partial charge in [-0.1, -0.05) is 23.6 Å². The van der Waals surface area contributed by atoms with Crippen molar-refractivity contribution in [3.05, 3.63) is 47.5 Å². The van der Waals surface area contributed by atoms with Gasteiger partial charge in [0, 0.05) is 49.1 Å². The van der Waals surface area contributed by atoms with Crippen LogP contribution in [0.3, 0.4) is 0 Å².